The Bertz CT molecular complexity index is 1140. The van der Waals surface area contributed by atoms with Crippen molar-refractivity contribution in [1.29, 1.82) is 0 Å². The normalized spacial score (nSPS) is 13.8. The van der Waals surface area contributed by atoms with Crippen LogP contribution in [0.3, 0.4) is 0 Å². The Hall–Kier alpha value is -3.05. The molecule has 0 bridgehead atoms. The highest BCUT2D eigenvalue weighted by molar-refractivity contribution is 6.30. The number of nitrogens with one attached hydrogen (secondary N) is 1. The van der Waals surface area contributed by atoms with Gasteiger partial charge in [-0.15, -0.1) is 0 Å². The highest BCUT2D eigenvalue weighted by Gasteiger charge is 2.25. The van der Waals surface area contributed by atoms with Gasteiger partial charge in [0.25, 0.3) is 5.91 Å². The molecule has 140 valence electrons. The summed E-state index contributed by atoms with van der Waals surface area (Å²) >= 11 is 6.00. The largest absolute Gasteiger partial charge is 0.432 e. The Morgan fingerprint density at radius 3 is 2.57 bits per heavy atom. The number of nitrogens with zero attached hydrogens (tertiary/aromatic N) is 2. The maximum absolute atomic E-state index is 13.1. The third kappa shape index (κ3) is 2.98. The van der Waals surface area contributed by atoms with Crippen molar-refractivity contribution < 1.29 is 9.21 Å². The molecule has 2 aromatic heterocycles. The molecule has 0 atom stereocenters. The number of amides is 1. The van der Waals surface area contributed by atoms with Gasteiger partial charge in [0, 0.05) is 23.3 Å². The fourth-order valence-electron chi connectivity index (χ4n) is 3.93. The summed E-state index contributed by atoms with van der Waals surface area (Å²) in [7, 11) is 0. The first-order valence-electron chi connectivity index (χ1n) is 9.25. The van der Waals surface area contributed by atoms with E-state index in [1.165, 1.54) is 17.4 Å². The van der Waals surface area contributed by atoms with Gasteiger partial charge in [0.2, 0.25) is 0 Å². The first kappa shape index (κ1) is 17.1. The van der Waals surface area contributed by atoms with Gasteiger partial charge in [-0.1, -0.05) is 48.0 Å². The summed E-state index contributed by atoms with van der Waals surface area (Å²) in [6.07, 6.45) is 5.22. The Morgan fingerprint density at radius 2 is 1.86 bits per heavy atom. The third-order valence-corrected chi connectivity index (χ3v) is 5.53. The zero-order valence-electron chi connectivity index (χ0n) is 15.1. The van der Waals surface area contributed by atoms with Gasteiger partial charge in [0.1, 0.15) is 17.7 Å². The van der Waals surface area contributed by atoms with E-state index in [9.17, 15) is 4.79 Å². The molecule has 1 amide bonds. The van der Waals surface area contributed by atoms with E-state index in [4.69, 9.17) is 16.0 Å². The molecule has 4 aromatic rings. The van der Waals surface area contributed by atoms with E-state index in [1.807, 2.05) is 12.1 Å². The summed E-state index contributed by atoms with van der Waals surface area (Å²) in [6.45, 7) is 0.624. The molecule has 0 saturated carbocycles. The van der Waals surface area contributed by atoms with Crippen molar-refractivity contribution >= 4 is 23.4 Å². The number of halogens is 1. The zero-order valence-corrected chi connectivity index (χ0v) is 15.8. The molecule has 1 aliphatic rings. The van der Waals surface area contributed by atoms with E-state index < -0.39 is 0 Å². The van der Waals surface area contributed by atoms with E-state index in [1.54, 1.807) is 22.7 Å². The van der Waals surface area contributed by atoms with E-state index in [0.717, 1.165) is 18.4 Å². The van der Waals surface area contributed by atoms with Gasteiger partial charge in [0.15, 0.2) is 0 Å². The van der Waals surface area contributed by atoms with Crippen LogP contribution in [0, 0.1) is 5.92 Å². The quantitative estimate of drug-likeness (QED) is 0.561. The van der Waals surface area contributed by atoms with Crippen LogP contribution in [-0.4, -0.2) is 21.8 Å². The smallest absolute Gasteiger partial charge is 0.306 e. The lowest BCUT2D eigenvalue weighted by molar-refractivity contribution is 0.0942. The number of carbonyl (C=O) groups excluding carboxylic acids is 1. The minimum atomic E-state index is -0.158. The standard InChI is InChI=1S/C22H18ClN3O2/c23-18-7-5-15(6-8-18)19-20(26-9-10-28-22(26)25-19)21(27)24-13-14-11-16-3-1-2-4-17(16)12-14/h1-10,14H,11-13H2,(H,24,27). The molecule has 5 nitrogen and oxygen atoms in total. The van der Waals surface area contributed by atoms with E-state index >= 15 is 0 Å². The maximum atomic E-state index is 13.1. The van der Waals surface area contributed by atoms with Crippen LogP contribution in [0.15, 0.2) is 65.4 Å². The summed E-state index contributed by atoms with van der Waals surface area (Å²) in [5, 5.41) is 3.74. The van der Waals surface area contributed by atoms with Gasteiger partial charge in [0.05, 0.1) is 0 Å². The topological polar surface area (TPSA) is 59.5 Å². The fourth-order valence-corrected chi connectivity index (χ4v) is 4.05. The van der Waals surface area contributed by atoms with Crippen LogP contribution in [0.2, 0.25) is 5.02 Å². The number of fused-ring (bicyclic) bond motifs is 2. The number of imidazole rings is 1. The molecule has 0 fully saturated rings. The van der Waals surface area contributed by atoms with Gasteiger partial charge in [-0.25, -0.2) is 0 Å². The molecule has 6 heteroatoms. The molecule has 0 saturated heterocycles. The van der Waals surface area contributed by atoms with Gasteiger partial charge >= 0.3 is 5.84 Å². The number of oxazole rings is 1. The highest BCUT2D eigenvalue weighted by atomic mass is 35.5. The van der Waals surface area contributed by atoms with E-state index in [2.05, 4.69) is 34.6 Å². The maximum Gasteiger partial charge on any atom is 0.306 e. The van der Waals surface area contributed by atoms with Crippen molar-refractivity contribution in [2.24, 2.45) is 5.92 Å². The monoisotopic (exact) mass is 391 g/mol. The fraction of sp³-hybridized carbons (Fsp3) is 0.182. The Balaban J connectivity index is 1.39. The molecule has 2 aromatic carbocycles. The number of benzene rings is 2. The predicted molar refractivity (Wildman–Crippen MR) is 108 cm³/mol. The number of rotatable bonds is 4. The van der Waals surface area contributed by atoms with Crippen molar-refractivity contribution in [1.82, 2.24) is 14.7 Å². The molecule has 2 heterocycles. The van der Waals surface area contributed by atoms with Crippen molar-refractivity contribution in [2.45, 2.75) is 12.8 Å². The van der Waals surface area contributed by atoms with Gasteiger partial charge < -0.3 is 9.73 Å². The lowest BCUT2D eigenvalue weighted by Gasteiger charge is -2.11. The first-order chi connectivity index (χ1) is 13.7. The Kier molecular flexibility index (Phi) is 4.17. The minimum absolute atomic E-state index is 0.158. The predicted octanol–water partition coefficient (Wildman–Crippen LogP) is 4.39. The average Bonchev–Trinajstić information content (AvgIpc) is 3.40. The van der Waals surface area contributed by atoms with Gasteiger partial charge in [-0.2, -0.15) is 4.98 Å². The minimum Gasteiger partial charge on any atom is -0.432 e. The van der Waals surface area contributed by atoms with E-state index in [-0.39, 0.29) is 5.91 Å². The van der Waals surface area contributed by atoms with Crippen molar-refractivity contribution in [3.8, 4) is 11.3 Å². The molecule has 5 rings (SSSR count). The number of hydrogen-bond acceptors (Lipinski definition) is 3. The lowest BCUT2D eigenvalue weighted by Crippen LogP contribution is -2.30. The van der Waals surface area contributed by atoms with Crippen molar-refractivity contribution in [3.05, 3.63) is 82.8 Å². The van der Waals surface area contributed by atoms with E-state index in [0.29, 0.717) is 34.7 Å². The molecule has 28 heavy (non-hydrogen) atoms. The van der Waals surface area contributed by atoms with Crippen LogP contribution in [0.1, 0.15) is 21.6 Å². The summed E-state index contributed by atoms with van der Waals surface area (Å²) in [6, 6.07) is 15.8. The molecule has 0 radical (unpaired) electrons. The number of aromatic nitrogens is 2. The molecule has 1 N–H and O–H groups in total. The summed E-state index contributed by atoms with van der Waals surface area (Å²) in [5.74, 6) is 0.645. The number of carbonyl (C=O) groups is 1. The molecule has 0 aliphatic heterocycles. The zero-order chi connectivity index (χ0) is 19.1. The molecular weight excluding hydrogens is 374 g/mol. The summed E-state index contributed by atoms with van der Waals surface area (Å²) in [5.41, 5.74) is 4.64. The SMILES string of the molecule is O=C(NCC1Cc2ccccc2C1)c1c(-c2ccc(Cl)cc2)nc2occn12. The molecule has 0 unspecified atom stereocenters. The van der Waals surface area contributed by atoms with Crippen LogP contribution < -0.4 is 5.32 Å². The highest BCUT2D eigenvalue weighted by Crippen LogP contribution is 2.28. The Labute approximate surface area is 167 Å². The second kappa shape index (κ2) is 6.84. The van der Waals surface area contributed by atoms with Crippen molar-refractivity contribution in [2.75, 3.05) is 6.54 Å². The second-order valence-electron chi connectivity index (χ2n) is 7.12. The van der Waals surface area contributed by atoms with Crippen LogP contribution in [0.25, 0.3) is 17.1 Å². The van der Waals surface area contributed by atoms with Crippen molar-refractivity contribution in [3.63, 3.8) is 0 Å². The number of hydrogen-bond donors (Lipinski definition) is 1. The molecule has 0 spiro atoms. The molecule has 1 aliphatic carbocycles. The average molecular weight is 392 g/mol. The van der Waals surface area contributed by atoms with Gasteiger partial charge in [-0.3, -0.25) is 9.20 Å². The third-order valence-electron chi connectivity index (χ3n) is 5.28. The summed E-state index contributed by atoms with van der Waals surface area (Å²) in [4.78, 5) is 17.6. The van der Waals surface area contributed by atoms with Crippen LogP contribution in [-0.2, 0) is 12.8 Å². The summed E-state index contributed by atoms with van der Waals surface area (Å²) < 4.78 is 7.08. The van der Waals surface area contributed by atoms with Crippen LogP contribution in [0.4, 0.5) is 0 Å². The Morgan fingerprint density at radius 1 is 1.14 bits per heavy atom. The van der Waals surface area contributed by atoms with Crippen LogP contribution >= 0.6 is 11.6 Å². The first-order valence-corrected chi connectivity index (χ1v) is 9.63. The van der Waals surface area contributed by atoms with Gasteiger partial charge in [-0.05, 0) is 42.0 Å². The second-order valence-corrected chi connectivity index (χ2v) is 7.56. The van der Waals surface area contributed by atoms with Crippen LogP contribution in [0.5, 0.6) is 0 Å². The lowest BCUT2D eigenvalue weighted by atomic mass is 10.1. The molecular formula is C22H18ClN3O2.